The van der Waals surface area contributed by atoms with Crippen LogP contribution >= 0.6 is 15.9 Å². The average Bonchev–Trinajstić information content (AvgIpc) is 2.42. The molecule has 0 spiro atoms. The summed E-state index contributed by atoms with van der Waals surface area (Å²) < 4.78 is 8.26. The largest absolute Gasteiger partial charge is 0.380 e. The summed E-state index contributed by atoms with van der Waals surface area (Å²) in [4.78, 5) is 0. The number of aromatic nitrogens is 2. The van der Waals surface area contributed by atoms with Crippen LogP contribution in [0.5, 0.6) is 0 Å². The zero-order valence-corrected chi connectivity index (χ0v) is 11.6. The van der Waals surface area contributed by atoms with Crippen LogP contribution in [-0.4, -0.2) is 29.5 Å². The van der Waals surface area contributed by atoms with Gasteiger partial charge in [-0.2, -0.15) is 5.10 Å². The van der Waals surface area contributed by atoms with Crippen LogP contribution in [0.3, 0.4) is 0 Å². The topological polar surface area (TPSA) is 39.1 Å². The summed E-state index contributed by atoms with van der Waals surface area (Å²) in [5.74, 6) is 0. The minimum absolute atomic E-state index is 0.320. The van der Waals surface area contributed by atoms with Gasteiger partial charge in [-0.25, -0.2) is 0 Å². The van der Waals surface area contributed by atoms with E-state index in [1.165, 1.54) is 5.69 Å². The highest BCUT2D eigenvalue weighted by Gasteiger charge is 2.32. The van der Waals surface area contributed by atoms with Crippen molar-refractivity contribution in [1.29, 1.82) is 0 Å². The molecular weight excluding hydrogens is 270 g/mol. The molecule has 16 heavy (non-hydrogen) atoms. The molecule has 1 aliphatic rings. The maximum absolute atomic E-state index is 5.23. The lowest BCUT2D eigenvalue weighted by Crippen LogP contribution is -2.47. The third-order valence-corrected chi connectivity index (χ3v) is 4.04. The summed E-state index contributed by atoms with van der Waals surface area (Å²) in [6.45, 7) is 7.82. The highest BCUT2D eigenvalue weighted by Crippen LogP contribution is 2.25. The normalized spacial score (nSPS) is 18.5. The molecule has 1 saturated heterocycles. The van der Waals surface area contributed by atoms with Crippen LogP contribution in [0.15, 0.2) is 4.47 Å². The van der Waals surface area contributed by atoms with Gasteiger partial charge in [0.1, 0.15) is 0 Å². The Balaban J connectivity index is 1.89. The van der Waals surface area contributed by atoms with Crippen LogP contribution in [0.4, 0.5) is 0 Å². The van der Waals surface area contributed by atoms with Crippen molar-refractivity contribution in [1.82, 2.24) is 15.1 Å². The molecule has 0 atom stereocenters. The van der Waals surface area contributed by atoms with Gasteiger partial charge in [0, 0.05) is 25.6 Å². The molecule has 90 valence electrons. The first-order valence-electron chi connectivity index (χ1n) is 5.48. The van der Waals surface area contributed by atoms with Crippen LogP contribution in [0.1, 0.15) is 18.3 Å². The Morgan fingerprint density at radius 3 is 2.69 bits per heavy atom. The van der Waals surface area contributed by atoms with Gasteiger partial charge in [0.15, 0.2) is 0 Å². The van der Waals surface area contributed by atoms with Gasteiger partial charge in [-0.1, -0.05) is 6.92 Å². The van der Waals surface area contributed by atoms with Crippen LogP contribution in [0.25, 0.3) is 0 Å². The third-order valence-electron chi connectivity index (χ3n) is 3.01. The molecule has 0 saturated carbocycles. The van der Waals surface area contributed by atoms with Crippen molar-refractivity contribution in [2.45, 2.75) is 20.4 Å². The maximum atomic E-state index is 5.23. The van der Waals surface area contributed by atoms with Gasteiger partial charge in [-0.15, -0.1) is 0 Å². The molecule has 0 bridgehead atoms. The molecule has 1 aliphatic heterocycles. The molecule has 5 heteroatoms. The molecule has 4 nitrogen and oxygen atoms in total. The zero-order valence-electron chi connectivity index (χ0n) is 10.0. The van der Waals surface area contributed by atoms with Crippen molar-refractivity contribution in [2.75, 3.05) is 19.8 Å². The predicted octanol–water partition coefficient (Wildman–Crippen LogP) is 1.62. The first-order chi connectivity index (χ1) is 7.52. The van der Waals surface area contributed by atoms with E-state index >= 15 is 0 Å². The number of rotatable bonds is 4. The molecule has 0 aliphatic carbocycles. The lowest BCUT2D eigenvalue weighted by atomic mass is 9.89. The Hall–Kier alpha value is -0.390. The lowest BCUT2D eigenvalue weighted by molar-refractivity contribution is -0.0992. The van der Waals surface area contributed by atoms with Crippen LogP contribution in [-0.2, 0) is 18.3 Å². The van der Waals surface area contributed by atoms with E-state index < -0.39 is 0 Å². The molecule has 2 heterocycles. The highest BCUT2D eigenvalue weighted by atomic mass is 79.9. The van der Waals surface area contributed by atoms with Crippen molar-refractivity contribution in [3.8, 4) is 0 Å². The van der Waals surface area contributed by atoms with Gasteiger partial charge in [0.25, 0.3) is 0 Å². The van der Waals surface area contributed by atoms with Gasteiger partial charge in [0.05, 0.1) is 29.1 Å². The van der Waals surface area contributed by atoms with Crippen molar-refractivity contribution in [3.63, 3.8) is 0 Å². The van der Waals surface area contributed by atoms with Gasteiger partial charge in [0.2, 0.25) is 0 Å². The molecule has 0 amide bonds. The van der Waals surface area contributed by atoms with Crippen molar-refractivity contribution >= 4 is 15.9 Å². The second-order valence-electron chi connectivity index (χ2n) is 4.88. The monoisotopic (exact) mass is 287 g/mol. The van der Waals surface area contributed by atoms with E-state index in [1.54, 1.807) is 0 Å². The number of ether oxygens (including phenoxy) is 1. The van der Waals surface area contributed by atoms with Gasteiger partial charge in [-0.05, 0) is 22.9 Å². The summed E-state index contributed by atoms with van der Waals surface area (Å²) in [5, 5.41) is 7.83. The van der Waals surface area contributed by atoms with E-state index in [2.05, 4.69) is 33.3 Å². The number of nitrogens with zero attached hydrogens (tertiary/aromatic N) is 2. The van der Waals surface area contributed by atoms with Gasteiger partial charge in [-0.3, -0.25) is 4.68 Å². The fourth-order valence-corrected chi connectivity index (χ4v) is 2.38. The Kier molecular flexibility index (Phi) is 3.37. The molecule has 0 aromatic carbocycles. The Bertz CT molecular complexity index is 385. The van der Waals surface area contributed by atoms with Crippen LogP contribution < -0.4 is 5.32 Å². The van der Waals surface area contributed by atoms with Crippen molar-refractivity contribution < 1.29 is 4.74 Å². The maximum Gasteiger partial charge on any atom is 0.0739 e. The van der Waals surface area contributed by atoms with Crippen molar-refractivity contribution in [2.24, 2.45) is 12.5 Å². The molecule has 1 aromatic heterocycles. The first kappa shape index (κ1) is 12.1. The molecule has 0 unspecified atom stereocenters. The van der Waals surface area contributed by atoms with Crippen LogP contribution in [0, 0.1) is 12.3 Å². The molecule has 1 aromatic rings. The van der Waals surface area contributed by atoms with Gasteiger partial charge >= 0.3 is 0 Å². The van der Waals surface area contributed by atoms with E-state index in [1.807, 2.05) is 18.7 Å². The standard InChI is InChI=1S/C11H18BrN3O/c1-8-10(12)9(15(3)14-8)4-13-5-11(2)6-16-7-11/h13H,4-7H2,1-3H3. The summed E-state index contributed by atoms with van der Waals surface area (Å²) in [7, 11) is 1.98. The average molecular weight is 288 g/mol. The Morgan fingerprint density at radius 1 is 1.56 bits per heavy atom. The highest BCUT2D eigenvalue weighted by molar-refractivity contribution is 9.10. The summed E-state index contributed by atoms with van der Waals surface area (Å²) in [6, 6.07) is 0. The van der Waals surface area contributed by atoms with Crippen molar-refractivity contribution in [3.05, 3.63) is 15.9 Å². The molecular formula is C11H18BrN3O. The summed E-state index contributed by atoms with van der Waals surface area (Å²) >= 11 is 3.56. The van der Waals surface area contributed by atoms with E-state index in [0.29, 0.717) is 5.41 Å². The van der Waals surface area contributed by atoms with E-state index in [0.717, 1.165) is 36.5 Å². The van der Waals surface area contributed by atoms with Crippen LogP contribution in [0.2, 0.25) is 0 Å². The second kappa shape index (κ2) is 4.47. The summed E-state index contributed by atoms with van der Waals surface area (Å²) in [6.07, 6.45) is 0. The van der Waals surface area contributed by atoms with E-state index in [4.69, 9.17) is 4.74 Å². The predicted molar refractivity (Wildman–Crippen MR) is 66.3 cm³/mol. The fraction of sp³-hybridized carbons (Fsp3) is 0.727. The SMILES string of the molecule is Cc1nn(C)c(CNCC2(C)COC2)c1Br. The smallest absolute Gasteiger partial charge is 0.0739 e. The minimum Gasteiger partial charge on any atom is -0.380 e. The molecule has 2 rings (SSSR count). The molecule has 0 radical (unpaired) electrons. The number of halogens is 1. The third kappa shape index (κ3) is 2.31. The Morgan fingerprint density at radius 2 is 2.25 bits per heavy atom. The summed E-state index contributed by atoms with van der Waals surface area (Å²) in [5.41, 5.74) is 2.55. The minimum atomic E-state index is 0.320. The van der Waals surface area contributed by atoms with E-state index in [-0.39, 0.29) is 0 Å². The Labute approximate surface area is 104 Å². The first-order valence-corrected chi connectivity index (χ1v) is 6.28. The molecule has 1 fully saturated rings. The lowest BCUT2D eigenvalue weighted by Gasteiger charge is -2.38. The second-order valence-corrected chi connectivity index (χ2v) is 5.67. The number of hydrogen-bond donors (Lipinski definition) is 1. The van der Waals surface area contributed by atoms with E-state index in [9.17, 15) is 0 Å². The quantitative estimate of drug-likeness (QED) is 0.915. The fourth-order valence-electron chi connectivity index (χ4n) is 1.91. The van der Waals surface area contributed by atoms with Gasteiger partial charge < -0.3 is 10.1 Å². The number of aryl methyl sites for hydroxylation is 2. The zero-order chi connectivity index (χ0) is 11.8. The number of nitrogens with one attached hydrogen (secondary N) is 1. The molecule has 1 N–H and O–H groups in total. The number of hydrogen-bond acceptors (Lipinski definition) is 3.